The number of hydrogen-bond acceptors (Lipinski definition) is 3. The molecule has 1 aliphatic heterocycles. The first-order valence-corrected chi connectivity index (χ1v) is 4.80. The Balaban J connectivity index is 2.61. The number of nitrogens with zero attached hydrogens (tertiary/aromatic N) is 1. The number of aliphatic hydroxyl groups excluding tert-OH is 1. The topological polar surface area (TPSA) is 60.8 Å². The Labute approximate surface area is 78.2 Å². The Morgan fingerprint density at radius 3 is 2.85 bits per heavy atom. The lowest BCUT2D eigenvalue weighted by atomic mass is 10.1. The zero-order valence-electron chi connectivity index (χ0n) is 7.94. The fraction of sp³-hybridized carbons (Fsp3) is 0.889. The summed E-state index contributed by atoms with van der Waals surface area (Å²) in [4.78, 5) is 12.8. The Bertz CT molecular complexity index is 184. The highest BCUT2D eigenvalue weighted by Gasteiger charge is 2.32. The van der Waals surface area contributed by atoms with E-state index in [0.29, 0.717) is 6.42 Å². The monoisotopic (exact) mass is 187 g/mol. The van der Waals surface area contributed by atoms with Crippen LogP contribution in [0.2, 0.25) is 0 Å². The fourth-order valence-electron chi connectivity index (χ4n) is 2.02. The number of aliphatic carboxylic acids is 1. The number of aliphatic hydroxyl groups is 1. The maximum Gasteiger partial charge on any atom is 0.320 e. The maximum absolute atomic E-state index is 10.9. The summed E-state index contributed by atoms with van der Waals surface area (Å²) in [5.41, 5.74) is 0. The molecule has 1 aliphatic rings. The average Bonchev–Trinajstić information content (AvgIpc) is 2.53. The number of likely N-dealkylation sites (tertiary alicyclic amines) is 1. The molecule has 1 rings (SSSR count). The van der Waals surface area contributed by atoms with Crippen LogP contribution in [-0.2, 0) is 4.79 Å². The van der Waals surface area contributed by atoms with Gasteiger partial charge in [-0.3, -0.25) is 9.69 Å². The van der Waals surface area contributed by atoms with Gasteiger partial charge in [0.2, 0.25) is 0 Å². The molecular weight excluding hydrogens is 170 g/mol. The molecule has 4 nitrogen and oxygen atoms in total. The lowest BCUT2D eigenvalue weighted by molar-refractivity contribution is -0.144. The second kappa shape index (κ2) is 4.58. The van der Waals surface area contributed by atoms with E-state index >= 15 is 0 Å². The highest BCUT2D eigenvalue weighted by atomic mass is 16.4. The van der Waals surface area contributed by atoms with Crippen molar-refractivity contribution < 1.29 is 15.0 Å². The van der Waals surface area contributed by atoms with Gasteiger partial charge in [-0.05, 0) is 25.8 Å². The smallest absolute Gasteiger partial charge is 0.320 e. The lowest BCUT2D eigenvalue weighted by Crippen LogP contribution is -2.45. The summed E-state index contributed by atoms with van der Waals surface area (Å²) >= 11 is 0. The van der Waals surface area contributed by atoms with Crippen LogP contribution in [0.5, 0.6) is 0 Å². The lowest BCUT2D eigenvalue weighted by Gasteiger charge is -2.28. The highest BCUT2D eigenvalue weighted by Crippen LogP contribution is 2.21. The minimum absolute atomic E-state index is 0.0565. The van der Waals surface area contributed by atoms with Crippen molar-refractivity contribution in [1.82, 2.24) is 4.90 Å². The van der Waals surface area contributed by atoms with Crippen LogP contribution in [-0.4, -0.2) is 46.3 Å². The zero-order valence-corrected chi connectivity index (χ0v) is 7.94. The van der Waals surface area contributed by atoms with Crippen LogP contribution in [0.15, 0.2) is 0 Å². The molecule has 2 atom stereocenters. The van der Waals surface area contributed by atoms with E-state index in [1.54, 1.807) is 0 Å². The predicted octanol–water partition coefficient (Wildman–Crippen LogP) is 0.306. The molecule has 0 amide bonds. The molecule has 13 heavy (non-hydrogen) atoms. The van der Waals surface area contributed by atoms with Crippen molar-refractivity contribution in [2.45, 2.75) is 38.3 Å². The Kier molecular flexibility index (Phi) is 3.69. The second-order valence-electron chi connectivity index (χ2n) is 3.48. The summed E-state index contributed by atoms with van der Waals surface area (Å²) in [5.74, 6) is -0.775. The summed E-state index contributed by atoms with van der Waals surface area (Å²) in [6.07, 6.45) is 2.51. The minimum atomic E-state index is -0.775. The number of carbonyl (C=O) groups is 1. The van der Waals surface area contributed by atoms with Crippen LogP contribution >= 0.6 is 0 Å². The van der Waals surface area contributed by atoms with Crippen molar-refractivity contribution in [2.75, 3.05) is 13.2 Å². The third-order valence-electron chi connectivity index (χ3n) is 2.71. The van der Waals surface area contributed by atoms with Crippen molar-refractivity contribution >= 4 is 5.97 Å². The van der Waals surface area contributed by atoms with Gasteiger partial charge >= 0.3 is 5.97 Å². The van der Waals surface area contributed by atoms with Crippen LogP contribution in [0.4, 0.5) is 0 Å². The van der Waals surface area contributed by atoms with Crippen molar-refractivity contribution in [3.05, 3.63) is 0 Å². The Hall–Kier alpha value is -0.610. The number of hydrogen-bond donors (Lipinski definition) is 2. The SMILES string of the molecule is CCC(C(=O)O)N1CCCC1CO. The van der Waals surface area contributed by atoms with Gasteiger partial charge in [-0.2, -0.15) is 0 Å². The van der Waals surface area contributed by atoms with Crippen LogP contribution in [0.25, 0.3) is 0 Å². The first-order valence-electron chi connectivity index (χ1n) is 4.80. The van der Waals surface area contributed by atoms with Gasteiger partial charge in [0, 0.05) is 6.04 Å². The summed E-state index contributed by atoms with van der Waals surface area (Å²) in [5, 5.41) is 18.0. The van der Waals surface area contributed by atoms with Crippen molar-refractivity contribution in [1.29, 1.82) is 0 Å². The highest BCUT2D eigenvalue weighted by molar-refractivity contribution is 5.73. The van der Waals surface area contributed by atoms with Gasteiger partial charge in [-0.25, -0.2) is 0 Å². The van der Waals surface area contributed by atoms with Crippen molar-refractivity contribution in [2.24, 2.45) is 0 Å². The molecule has 0 spiro atoms. The molecule has 4 heteroatoms. The van der Waals surface area contributed by atoms with Gasteiger partial charge in [0.25, 0.3) is 0 Å². The predicted molar refractivity (Wildman–Crippen MR) is 48.5 cm³/mol. The standard InChI is InChI=1S/C9H17NO3/c1-2-8(9(12)13)10-5-3-4-7(10)6-11/h7-8,11H,2-6H2,1H3,(H,12,13). The van der Waals surface area contributed by atoms with Crippen molar-refractivity contribution in [3.63, 3.8) is 0 Å². The Morgan fingerprint density at radius 1 is 1.69 bits per heavy atom. The van der Waals surface area contributed by atoms with Crippen LogP contribution < -0.4 is 0 Å². The largest absolute Gasteiger partial charge is 0.480 e. The summed E-state index contributed by atoms with van der Waals surface area (Å²) in [6, 6.07) is -0.360. The Morgan fingerprint density at radius 2 is 2.38 bits per heavy atom. The van der Waals surface area contributed by atoms with Crippen LogP contribution in [0, 0.1) is 0 Å². The number of carboxylic acids is 1. The first-order chi connectivity index (χ1) is 6.20. The molecule has 0 aromatic rings. The summed E-state index contributed by atoms with van der Waals surface area (Å²) in [7, 11) is 0. The molecule has 0 saturated carbocycles. The van der Waals surface area contributed by atoms with E-state index in [0.717, 1.165) is 19.4 Å². The molecule has 0 aromatic carbocycles. The average molecular weight is 187 g/mol. The van der Waals surface area contributed by atoms with Crippen LogP contribution in [0.1, 0.15) is 26.2 Å². The minimum Gasteiger partial charge on any atom is -0.480 e. The van der Waals surface area contributed by atoms with Gasteiger partial charge in [0.1, 0.15) is 6.04 Å². The van der Waals surface area contributed by atoms with E-state index in [2.05, 4.69) is 0 Å². The van der Waals surface area contributed by atoms with Gasteiger partial charge in [0.05, 0.1) is 6.61 Å². The summed E-state index contributed by atoms with van der Waals surface area (Å²) < 4.78 is 0. The molecule has 1 heterocycles. The van der Waals surface area contributed by atoms with E-state index in [1.807, 2.05) is 11.8 Å². The van der Waals surface area contributed by atoms with E-state index in [1.165, 1.54) is 0 Å². The number of carboxylic acid groups (broad SMARTS) is 1. The van der Waals surface area contributed by atoms with Gasteiger partial charge < -0.3 is 10.2 Å². The van der Waals surface area contributed by atoms with E-state index < -0.39 is 12.0 Å². The molecule has 0 bridgehead atoms. The third-order valence-corrected chi connectivity index (χ3v) is 2.71. The van der Waals surface area contributed by atoms with Gasteiger partial charge in [-0.15, -0.1) is 0 Å². The maximum atomic E-state index is 10.9. The molecule has 0 aromatic heterocycles. The normalized spacial score (nSPS) is 26.2. The molecule has 2 N–H and O–H groups in total. The quantitative estimate of drug-likeness (QED) is 0.665. The molecule has 0 radical (unpaired) electrons. The van der Waals surface area contributed by atoms with Crippen molar-refractivity contribution in [3.8, 4) is 0 Å². The summed E-state index contributed by atoms with van der Waals surface area (Å²) in [6.45, 7) is 2.74. The van der Waals surface area contributed by atoms with Gasteiger partial charge in [-0.1, -0.05) is 6.92 Å². The second-order valence-corrected chi connectivity index (χ2v) is 3.48. The molecular formula is C9H17NO3. The van der Waals surface area contributed by atoms with E-state index in [-0.39, 0.29) is 12.6 Å². The molecule has 2 unspecified atom stereocenters. The first kappa shape index (κ1) is 10.5. The molecule has 1 fully saturated rings. The van der Waals surface area contributed by atoms with Gasteiger partial charge in [0.15, 0.2) is 0 Å². The third kappa shape index (κ3) is 2.19. The zero-order chi connectivity index (χ0) is 9.84. The van der Waals surface area contributed by atoms with E-state index in [4.69, 9.17) is 10.2 Å². The molecule has 0 aliphatic carbocycles. The fourth-order valence-corrected chi connectivity index (χ4v) is 2.02. The molecule has 1 saturated heterocycles. The number of rotatable bonds is 4. The van der Waals surface area contributed by atoms with E-state index in [9.17, 15) is 4.79 Å². The molecule has 76 valence electrons. The van der Waals surface area contributed by atoms with Crippen LogP contribution in [0.3, 0.4) is 0 Å².